The molecule has 1 atom stereocenters. The number of hydrogen-bond acceptors (Lipinski definition) is 12. The van der Waals surface area contributed by atoms with E-state index in [-0.39, 0.29) is 35.8 Å². The normalized spacial score (nSPS) is 20.4. The number of aliphatic imine (C=N–C) groups is 1. The second kappa shape index (κ2) is 18.5. The number of halogens is 2. The predicted octanol–water partition coefficient (Wildman–Crippen LogP) is 3.55. The fourth-order valence-corrected chi connectivity index (χ4v) is 8.26. The minimum atomic E-state index is -1.31. The third kappa shape index (κ3) is 9.68. The Bertz CT molecular complexity index is 1980. The van der Waals surface area contributed by atoms with Gasteiger partial charge in [0.15, 0.2) is 5.82 Å². The number of rotatable bonds is 14. The molecule has 1 saturated carbocycles. The second-order valence-corrected chi connectivity index (χ2v) is 15.8. The molecule has 58 heavy (non-hydrogen) atoms. The van der Waals surface area contributed by atoms with E-state index in [1.54, 1.807) is 38.3 Å². The first-order valence-electron chi connectivity index (χ1n) is 19.9. The molecule has 310 valence electrons. The first-order chi connectivity index (χ1) is 27.8. The summed E-state index contributed by atoms with van der Waals surface area (Å²) in [6.07, 6.45) is 10.5. The van der Waals surface area contributed by atoms with E-state index < -0.39 is 35.0 Å². The number of carbonyl (C=O) groups excluding carboxylic acids is 3. The summed E-state index contributed by atoms with van der Waals surface area (Å²) < 4.78 is 30.5. The molecule has 16 heteroatoms. The Hall–Kier alpha value is -5.32. The van der Waals surface area contributed by atoms with Gasteiger partial charge in [-0.25, -0.2) is 18.7 Å². The van der Waals surface area contributed by atoms with Crippen molar-refractivity contribution < 1.29 is 28.3 Å². The van der Waals surface area contributed by atoms with Crippen molar-refractivity contribution in [2.45, 2.75) is 82.0 Å². The molecule has 1 aliphatic carbocycles. The Kier molecular flexibility index (Phi) is 13.5. The van der Waals surface area contributed by atoms with Gasteiger partial charge in [0.25, 0.3) is 5.91 Å². The number of piperazine rings is 1. The number of likely N-dealkylation sites (N-methyl/N-ethyl adjacent to an activating group) is 1. The minimum absolute atomic E-state index is 0.0293. The largest absolute Gasteiger partial charge is 0.404 e. The third-order valence-corrected chi connectivity index (χ3v) is 11.6. The van der Waals surface area contributed by atoms with Gasteiger partial charge in [0.1, 0.15) is 17.9 Å². The van der Waals surface area contributed by atoms with Crippen molar-refractivity contribution in [1.82, 2.24) is 25.1 Å². The molecule has 3 aromatic rings. The predicted molar refractivity (Wildman–Crippen MR) is 220 cm³/mol. The van der Waals surface area contributed by atoms with E-state index in [0.717, 1.165) is 58.1 Å². The lowest BCUT2D eigenvalue weighted by Crippen LogP contribution is -2.64. The molecule has 14 nitrogen and oxygen atoms in total. The maximum atomic E-state index is 15.2. The smallest absolute Gasteiger partial charge is 0.260 e. The van der Waals surface area contributed by atoms with E-state index in [0.29, 0.717) is 59.6 Å². The Labute approximate surface area is 337 Å². The number of aromatic nitrogens is 2. The Morgan fingerprint density at radius 1 is 1.00 bits per heavy atom. The standard InChI is InChI=1S/C42H54F2N10O4/c1-42(2,58)33-21-36(46)26(18-37(33)51-41(57)32(22-45)39-48-11-5-12-49-39)23-50-27-7-9-28(10-8-27)52-13-15-53(16-14-52)30-24-54(25-30)29-19-34(43)38(35(44)20-29)31(6-4-17-55)40(56)47-3/h5,11-12,17-23,27-28,30-31,58H,4,6-10,13-16,24-25,45-46H2,1-3H3,(H,47,56)(H,51,57)/b32-22+,50-23?/t27?,28?,31-/m1/s1. The van der Waals surface area contributed by atoms with Crippen LogP contribution in [0.4, 0.5) is 25.8 Å². The van der Waals surface area contributed by atoms with E-state index in [1.807, 2.05) is 4.90 Å². The van der Waals surface area contributed by atoms with Gasteiger partial charge < -0.3 is 36.9 Å². The summed E-state index contributed by atoms with van der Waals surface area (Å²) in [5.41, 5.74) is 13.0. The van der Waals surface area contributed by atoms with Crippen LogP contribution < -0.4 is 27.0 Å². The van der Waals surface area contributed by atoms with Crippen molar-refractivity contribution in [3.05, 3.63) is 83.1 Å². The molecule has 3 fully saturated rings. The molecular weight excluding hydrogens is 747 g/mol. The Morgan fingerprint density at radius 3 is 2.19 bits per heavy atom. The average molecular weight is 801 g/mol. The molecule has 0 spiro atoms. The molecule has 2 aromatic carbocycles. The van der Waals surface area contributed by atoms with Crippen LogP contribution in [-0.4, -0.2) is 114 Å². The van der Waals surface area contributed by atoms with Crippen LogP contribution >= 0.6 is 0 Å². The van der Waals surface area contributed by atoms with Crippen LogP contribution in [0.25, 0.3) is 5.57 Å². The number of nitrogens with zero attached hydrogens (tertiary/aromatic N) is 6. The molecule has 0 unspecified atom stereocenters. The third-order valence-electron chi connectivity index (χ3n) is 11.6. The number of nitrogens with two attached hydrogens (primary N) is 2. The maximum absolute atomic E-state index is 15.2. The molecule has 0 bridgehead atoms. The van der Waals surface area contributed by atoms with E-state index in [9.17, 15) is 19.5 Å². The SMILES string of the molecule is CNC(=O)[C@H](CCC=O)c1c(F)cc(N2CC(N3CCN(C4CCC(N=Cc5cc(NC(=O)/C(=C/N)c6ncccn6)c(C(C)(C)O)cc5N)CC4)CC3)C2)cc1F. The zero-order chi connectivity index (χ0) is 41.6. The maximum Gasteiger partial charge on any atom is 0.260 e. The van der Waals surface area contributed by atoms with Gasteiger partial charge in [0.2, 0.25) is 5.91 Å². The number of amides is 2. The average Bonchev–Trinajstić information content (AvgIpc) is 3.19. The van der Waals surface area contributed by atoms with E-state index >= 15 is 8.78 Å². The second-order valence-electron chi connectivity index (χ2n) is 15.8. The van der Waals surface area contributed by atoms with Crippen LogP contribution in [0, 0.1) is 11.6 Å². The Morgan fingerprint density at radius 2 is 1.62 bits per heavy atom. The quantitative estimate of drug-likeness (QED) is 0.0693. The highest BCUT2D eigenvalue weighted by atomic mass is 19.1. The van der Waals surface area contributed by atoms with Crippen LogP contribution in [0.2, 0.25) is 0 Å². The monoisotopic (exact) mass is 800 g/mol. The molecule has 2 amide bonds. The summed E-state index contributed by atoms with van der Waals surface area (Å²) in [6, 6.07) is 8.49. The lowest BCUT2D eigenvalue weighted by molar-refractivity contribution is -0.122. The molecule has 7 N–H and O–H groups in total. The van der Waals surface area contributed by atoms with E-state index in [1.165, 1.54) is 31.6 Å². The van der Waals surface area contributed by atoms with E-state index in [4.69, 9.17) is 16.5 Å². The van der Waals surface area contributed by atoms with Gasteiger partial charge in [-0.1, -0.05) is 0 Å². The number of nitrogens with one attached hydrogen (secondary N) is 2. The van der Waals surface area contributed by atoms with Gasteiger partial charge in [0.05, 0.1) is 23.1 Å². The number of benzene rings is 2. The molecule has 6 rings (SSSR count). The lowest BCUT2D eigenvalue weighted by Gasteiger charge is -2.50. The van der Waals surface area contributed by atoms with Crippen molar-refractivity contribution in [3.8, 4) is 0 Å². The van der Waals surface area contributed by atoms with Crippen molar-refractivity contribution in [2.75, 3.05) is 62.3 Å². The van der Waals surface area contributed by atoms with Crippen molar-refractivity contribution >= 4 is 47.0 Å². The highest BCUT2D eigenvalue weighted by Gasteiger charge is 2.37. The fraction of sp³-hybridized carbons (Fsp3) is 0.476. The summed E-state index contributed by atoms with van der Waals surface area (Å²) in [5, 5.41) is 16.2. The van der Waals surface area contributed by atoms with Gasteiger partial charge in [-0.2, -0.15) is 0 Å². The van der Waals surface area contributed by atoms with Crippen LogP contribution in [0.1, 0.15) is 80.8 Å². The Balaban J connectivity index is 0.993. The molecule has 2 saturated heterocycles. The zero-order valence-corrected chi connectivity index (χ0v) is 33.3. The molecule has 3 heterocycles. The van der Waals surface area contributed by atoms with Gasteiger partial charge in [0, 0.05) is 123 Å². The molecule has 0 radical (unpaired) electrons. The number of carbonyl (C=O) groups is 3. The van der Waals surface area contributed by atoms with Crippen molar-refractivity contribution in [3.63, 3.8) is 0 Å². The number of aldehydes is 1. The first-order valence-corrected chi connectivity index (χ1v) is 19.9. The summed E-state index contributed by atoms with van der Waals surface area (Å²) >= 11 is 0. The lowest BCUT2D eigenvalue weighted by atomic mass is 9.90. The summed E-state index contributed by atoms with van der Waals surface area (Å²) in [6.45, 7) is 8.30. The molecule has 1 aromatic heterocycles. The van der Waals surface area contributed by atoms with Crippen molar-refractivity contribution in [1.29, 1.82) is 0 Å². The van der Waals surface area contributed by atoms with Crippen LogP contribution in [0.15, 0.2) is 53.9 Å². The summed E-state index contributed by atoms with van der Waals surface area (Å²) in [7, 11) is 1.41. The number of hydrogen-bond donors (Lipinski definition) is 5. The highest BCUT2D eigenvalue weighted by Crippen LogP contribution is 2.35. The minimum Gasteiger partial charge on any atom is -0.404 e. The van der Waals surface area contributed by atoms with Crippen LogP contribution in [0.3, 0.4) is 0 Å². The highest BCUT2D eigenvalue weighted by molar-refractivity contribution is 6.24. The van der Waals surface area contributed by atoms with Gasteiger partial charge in [-0.3, -0.25) is 24.4 Å². The number of nitrogen functional groups attached to an aromatic ring is 1. The molecular formula is C42H54F2N10O4. The topological polar surface area (TPSA) is 195 Å². The molecule has 2 aliphatic heterocycles. The molecule has 3 aliphatic rings. The number of anilines is 3. The number of aliphatic hydroxyl groups is 1. The van der Waals surface area contributed by atoms with Gasteiger partial charge in [-0.05, 0) is 76.3 Å². The zero-order valence-electron chi connectivity index (χ0n) is 33.3. The van der Waals surface area contributed by atoms with Crippen LogP contribution in [-0.2, 0) is 20.0 Å². The first kappa shape index (κ1) is 42.3. The fourth-order valence-electron chi connectivity index (χ4n) is 8.26. The van der Waals surface area contributed by atoms with E-state index in [2.05, 4.69) is 30.4 Å². The van der Waals surface area contributed by atoms with Crippen molar-refractivity contribution in [2.24, 2.45) is 10.7 Å². The van der Waals surface area contributed by atoms with Crippen LogP contribution in [0.5, 0.6) is 0 Å². The summed E-state index contributed by atoms with van der Waals surface area (Å²) in [4.78, 5) is 56.7. The van der Waals surface area contributed by atoms with Gasteiger partial charge in [-0.15, -0.1) is 0 Å². The van der Waals surface area contributed by atoms with Gasteiger partial charge >= 0.3 is 0 Å². The summed E-state index contributed by atoms with van der Waals surface area (Å²) in [5.74, 6) is -3.50.